The number of carbonyl (C=O) groups is 1. The van der Waals surface area contributed by atoms with Gasteiger partial charge in [0.2, 0.25) is 5.91 Å². The molecule has 0 bridgehead atoms. The van der Waals surface area contributed by atoms with Crippen LogP contribution in [0.1, 0.15) is 33.1 Å². The molecule has 0 aromatic carbocycles. The molecule has 0 spiro atoms. The van der Waals surface area contributed by atoms with Crippen LogP contribution in [-0.4, -0.2) is 29.2 Å². The Hall–Kier alpha value is -0.610. The van der Waals surface area contributed by atoms with Gasteiger partial charge in [-0.3, -0.25) is 4.79 Å². The minimum atomic E-state index is -0.630. The summed E-state index contributed by atoms with van der Waals surface area (Å²) >= 11 is 0. The first-order valence-corrected chi connectivity index (χ1v) is 5.25. The highest BCUT2D eigenvalue weighted by atomic mass is 16.3. The zero-order valence-electron chi connectivity index (χ0n) is 8.92. The molecule has 14 heavy (non-hydrogen) atoms. The third-order valence-electron chi connectivity index (χ3n) is 3.01. The van der Waals surface area contributed by atoms with E-state index in [4.69, 9.17) is 5.73 Å². The SMILES string of the molecule is CCC(C)C(O)CNC(=O)C1(N)CC1. The predicted octanol–water partition coefficient (Wildman–Crippen LogP) is 0.000900. The lowest BCUT2D eigenvalue weighted by molar-refractivity contribution is -0.123. The Morgan fingerprint density at radius 2 is 2.21 bits per heavy atom. The van der Waals surface area contributed by atoms with Gasteiger partial charge in [0.25, 0.3) is 0 Å². The quantitative estimate of drug-likeness (QED) is 0.585. The second-order valence-electron chi connectivity index (χ2n) is 4.32. The third-order valence-corrected chi connectivity index (χ3v) is 3.01. The van der Waals surface area contributed by atoms with Crippen LogP contribution < -0.4 is 11.1 Å². The number of hydrogen-bond donors (Lipinski definition) is 3. The zero-order valence-corrected chi connectivity index (χ0v) is 8.92. The van der Waals surface area contributed by atoms with Crippen molar-refractivity contribution < 1.29 is 9.90 Å². The Bertz CT molecular complexity index is 214. The maximum Gasteiger partial charge on any atom is 0.240 e. The van der Waals surface area contributed by atoms with Gasteiger partial charge in [0.1, 0.15) is 0 Å². The molecule has 4 nitrogen and oxygen atoms in total. The largest absolute Gasteiger partial charge is 0.391 e. The van der Waals surface area contributed by atoms with E-state index in [0.29, 0.717) is 6.54 Å². The van der Waals surface area contributed by atoms with Crippen molar-refractivity contribution in [2.75, 3.05) is 6.54 Å². The van der Waals surface area contributed by atoms with E-state index in [2.05, 4.69) is 5.32 Å². The van der Waals surface area contributed by atoms with Crippen LogP contribution in [0.2, 0.25) is 0 Å². The molecular formula is C10H20N2O2. The molecule has 4 heteroatoms. The lowest BCUT2D eigenvalue weighted by Crippen LogP contribution is -2.46. The number of aliphatic hydroxyl groups is 1. The average molecular weight is 200 g/mol. The summed E-state index contributed by atoms with van der Waals surface area (Å²) in [5, 5.41) is 12.3. The van der Waals surface area contributed by atoms with E-state index in [0.717, 1.165) is 19.3 Å². The van der Waals surface area contributed by atoms with Gasteiger partial charge in [-0.1, -0.05) is 20.3 Å². The minimum Gasteiger partial charge on any atom is -0.391 e. The van der Waals surface area contributed by atoms with Gasteiger partial charge in [-0.2, -0.15) is 0 Å². The topological polar surface area (TPSA) is 75.3 Å². The maximum absolute atomic E-state index is 11.4. The van der Waals surface area contributed by atoms with Crippen molar-refractivity contribution >= 4 is 5.91 Å². The van der Waals surface area contributed by atoms with Gasteiger partial charge in [0, 0.05) is 6.54 Å². The third kappa shape index (κ3) is 2.69. The van der Waals surface area contributed by atoms with Crippen molar-refractivity contribution in [1.82, 2.24) is 5.32 Å². The van der Waals surface area contributed by atoms with Gasteiger partial charge >= 0.3 is 0 Å². The summed E-state index contributed by atoms with van der Waals surface area (Å²) in [6, 6.07) is 0. The van der Waals surface area contributed by atoms with E-state index < -0.39 is 11.6 Å². The van der Waals surface area contributed by atoms with Crippen molar-refractivity contribution in [2.24, 2.45) is 11.7 Å². The van der Waals surface area contributed by atoms with Gasteiger partial charge in [0.05, 0.1) is 11.6 Å². The molecule has 1 rings (SSSR count). The molecule has 0 heterocycles. The molecule has 4 N–H and O–H groups in total. The lowest BCUT2D eigenvalue weighted by Gasteiger charge is -2.18. The fourth-order valence-corrected chi connectivity index (χ4v) is 1.21. The molecule has 0 aromatic heterocycles. The summed E-state index contributed by atoms with van der Waals surface area (Å²) in [4.78, 5) is 11.4. The van der Waals surface area contributed by atoms with Crippen LogP contribution in [0.25, 0.3) is 0 Å². The predicted molar refractivity (Wildman–Crippen MR) is 54.6 cm³/mol. The fourth-order valence-electron chi connectivity index (χ4n) is 1.21. The Labute approximate surface area is 84.9 Å². The number of amides is 1. The molecule has 1 amide bonds. The molecule has 82 valence electrons. The van der Waals surface area contributed by atoms with E-state index in [9.17, 15) is 9.90 Å². The Morgan fingerprint density at radius 3 is 2.64 bits per heavy atom. The minimum absolute atomic E-state index is 0.125. The molecule has 2 unspecified atom stereocenters. The molecule has 0 aromatic rings. The highest BCUT2D eigenvalue weighted by molar-refractivity contribution is 5.88. The van der Waals surface area contributed by atoms with E-state index in [1.807, 2.05) is 13.8 Å². The van der Waals surface area contributed by atoms with Crippen LogP contribution in [0.3, 0.4) is 0 Å². The smallest absolute Gasteiger partial charge is 0.240 e. The zero-order chi connectivity index (χ0) is 10.8. The van der Waals surface area contributed by atoms with Gasteiger partial charge in [0.15, 0.2) is 0 Å². The van der Waals surface area contributed by atoms with Crippen LogP contribution >= 0.6 is 0 Å². The number of rotatable bonds is 5. The number of nitrogens with one attached hydrogen (secondary N) is 1. The van der Waals surface area contributed by atoms with Gasteiger partial charge in [-0.15, -0.1) is 0 Å². The van der Waals surface area contributed by atoms with Gasteiger partial charge in [-0.25, -0.2) is 0 Å². The normalized spacial score (nSPS) is 22.6. The Kier molecular flexibility index (Phi) is 3.50. The van der Waals surface area contributed by atoms with E-state index >= 15 is 0 Å². The van der Waals surface area contributed by atoms with Crippen LogP contribution in [0, 0.1) is 5.92 Å². The van der Waals surface area contributed by atoms with Crippen molar-refractivity contribution in [3.63, 3.8) is 0 Å². The summed E-state index contributed by atoms with van der Waals surface area (Å²) in [6.07, 6.45) is 1.97. The second kappa shape index (κ2) is 4.28. The van der Waals surface area contributed by atoms with Gasteiger partial charge < -0.3 is 16.2 Å². The first-order valence-electron chi connectivity index (χ1n) is 5.25. The number of hydrogen-bond acceptors (Lipinski definition) is 3. The molecule has 2 atom stereocenters. The summed E-state index contributed by atoms with van der Waals surface area (Å²) in [7, 11) is 0. The summed E-state index contributed by atoms with van der Waals surface area (Å²) < 4.78 is 0. The molecular weight excluding hydrogens is 180 g/mol. The molecule has 0 aliphatic heterocycles. The first kappa shape index (κ1) is 11.5. The summed E-state index contributed by atoms with van der Waals surface area (Å²) in [5.41, 5.74) is 5.06. The molecule has 1 aliphatic rings. The van der Waals surface area contributed by atoms with E-state index in [-0.39, 0.29) is 11.8 Å². The summed E-state index contributed by atoms with van der Waals surface area (Å²) in [5.74, 6) is 0.0862. The summed E-state index contributed by atoms with van der Waals surface area (Å²) in [6.45, 7) is 4.29. The molecule has 0 saturated heterocycles. The second-order valence-corrected chi connectivity index (χ2v) is 4.32. The molecule has 1 saturated carbocycles. The number of nitrogens with two attached hydrogens (primary N) is 1. The average Bonchev–Trinajstić information content (AvgIpc) is 2.92. The van der Waals surface area contributed by atoms with Crippen LogP contribution in [0.15, 0.2) is 0 Å². The highest BCUT2D eigenvalue weighted by Gasteiger charge is 2.45. The van der Waals surface area contributed by atoms with Crippen LogP contribution in [0.5, 0.6) is 0 Å². The fraction of sp³-hybridized carbons (Fsp3) is 0.900. The standard InChI is InChI=1S/C10H20N2O2/c1-3-7(2)8(13)6-12-9(14)10(11)4-5-10/h7-8,13H,3-6,11H2,1-2H3,(H,12,14). The monoisotopic (exact) mass is 200 g/mol. The van der Waals surface area contributed by atoms with Crippen molar-refractivity contribution in [3.8, 4) is 0 Å². The first-order chi connectivity index (χ1) is 6.49. The van der Waals surface area contributed by atoms with Crippen LogP contribution in [0.4, 0.5) is 0 Å². The number of carbonyl (C=O) groups excluding carboxylic acids is 1. The van der Waals surface area contributed by atoms with E-state index in [1.54, 1.807) is 0 Å². The Morgan fingerprint density at radius 1 is 1.64 bits per heavy atom. The van der Waals surface area contributed by atoms with Crippen molar-refractivity contribution in [3.05, 3.63) is 0 Å². The van der Waals surface area contributed by atoms with Gasteiger partial charge in [-0.05, 0) is 18.8 Å². The molecule has 1 aliphatic carbocycles. The van der Waals surface area contributed by atoms with Crippen molar-refractivity contribution in [1.29, 1.82) is 0 Å². The number of aliphatic hydroxyl groups excluding tert-OH is 1. The molecule has 1 fully saturated rings. The van der Waals surface area contributed by atoms with E-state index in [1.165, 1.54) is 0 Å². The maximum atomic E-state index is 11.4. The lowest BCUT2D eigenvalue weighted by atomic mass is 10.0. The van der Waals surface area contributed by atoms with Crippen molar-refractivity contribution in [2.45, 2.75) is 44.8 Å². The molecule has 0 radical (unpaired) electrons. The van der Waals surface area contributed by atoms with Crippen LogP contribution in [-0.2, 0) is 4.79 Å². The highest BCUT2D eigenvalue weighted by Crippen LogP contribution is 2.32. The Balaban J connectivity index is 2.23.